The van der Waals surface area contributed by atoms with Gasteiger partial charge in [0.15, 0.2) is 5.76 Å². The molecule has 0 saturated carbocycles. The maximum Gasteiger partial charge on any atom is 0.315 e. The molecule has 0 atom stereocenters. The van der Waals surface area contributed by atoms with Gasteiger partial charge in [-0.2, -0.15) is 0 Å². The highest BCUT2D eigenvalue weighted by molar-refractivity contribution is 6.15. The molecule has 0 amide bonds. The number of aryl methyl sites for hydroxylation is 2. The molecule has 0 aliphatic carbocycles. The fraction of sp³-hybridized carbons (Fsp3) is 0.130. The first kappa shape index (κ1) is 17.8. The lowest BCUT2D eigenvalue weighted by Gasteiger charge is -2.08. The van der Waals surface area contributed by atoms with E-state index in [2.05, 4.69) is 0 Å². The number of ketones is 1. The van der Waals surface area contributed by atoms with Gasteiger partial charge in [0.05, 0.1) is 12.0 Å². The highest BCUT2D eigenvalue weighted by Crippen LogP contribution is 2.37. The zero-order valence-corrected chi connectivity index (χ0v) is 15.5. The number of fused-ring (bicyclic) bond motifs is 1. The van der Waals surface area contributed by atoms with Gasteiger partial charge in [0.25, 0.3) is 0 Å². The fourth-order valence-corrected chi connectivity index (χ4v) is 3.13. The second-order valence-corrected chi connectivity index (χ2v) is 6.64. The number of rotatable bonds is 4. The highest BCUT2D eigenvalue weighted by atomic mass is 16.5. The summed E-state index contributed by atoms with van der Waals surface area (Å²) in [6, 6.07) is 16.2. The predicted octanol–water partition coefficient (Wildman–Crippen LogP) is 4.66. The molecule has 5 nitrogen and oxygen atoms in total. The van der Waals surface area contributed by atoms with Crippen LogP contribution in [-0.4, -0.2) is 11.8 Å². The van der Waals surface area contributed by atoms with E-state index in [0.717, 1.165) is 11.3 Å². The highest BCUT2D eigenvalue weighted by Gasteiger charge is 2.30. The second kappa shape index (κ2) is 7.19. The molecule has 3 aromatic rings. The summed E-state index contributed by atoms with van der Waals surface area (Å²) in [5.41, 5.74) is 2.03. The number of hydrogen-bond donors (Lipinski definition) is 0. The largest absolute Gasteiger partial charge is 0.462 e. The Hall–Kier alpha value is -3.60. The summed E-state index contributed by atoms with van der Waals surface area (Å²) in [7, 11) is 0. The third-order valence-electron chi connectivity index (χ3n) is 4.40. The normalized spacial score (nSPS) is 14.1. The number of hydrogen-bond acceptors (Lipinski definition) is 5. The molecule has 4 rings (SSSR count). The topological polar surface area (TPSA) is 65.7 Å². The lowest BCUT2D eigenvalue weighted by Crippen LogP contribution is -2.11. The zero-order valence-electron chi connectivity index (χ0n) is 15.5. The summed E-state index contributed by atoms with van der Waals surface area (Å²) >= 11 is 0. The maximum atomic E-state index is 12.7. The third kappa shape index (κ3) is 3.60. The zero-order chi connectivity index (χ0) is 19.7. The average Bonchev–Trinajstić information content (AvgIpc) is 3.19. The molecule has 1 aromatic heterocycles. The Bertz CT molecular complexity index is 1090. The Morgan fingerprint density at radius 2 is 1.86 bits per heavy atom. The molecule has 1 aliphatic heterocycles. The van der Waals surface area contributed by atoms with Gasteiger partial charge in [-0.05, 0) is 43.2 Å². The van der Waals surface area contributed by atoms with E-state index in [9.17, 15) is 9.59 Å². The van der Waals surface area contributed by atoms with Gasteiger partial charge in [-0.3, -0.25) is 9.59 Å². The Balaban J connectivity index is 1.54. The molecule has 0 bridgehead atoms. The number of furan rings is 1. The predicted molar refractivity (Wildman–Crippen MR) is 103 cm³/mol. The summed E-state index contributed by atoms with van der Waals surface area (Å²) in [5, 5.41) is 0. The van der Waals surface area contributed by atoms with Gasteiger partial charge >= 0.3 is 5.97 Å². The van der Waals surface area contributed by atoms with Crippen molar-refractivity contribution in [3.05, 3.63) is 88.6 Å². The van der Waals surface area contributed by atoms with Crippen LogP contribution in [0.4, 0.5) is 0 Å². The van der Waals surface area contributed by atoms with Crippen LogP contribution in [0.2, 0.25) is 0 Å². The van der Waals surface area contributed by atoms with Crippen LogP contribution in [0.5, 0.6) is 11.5 Å². The Labute approximate surface area is 162 Å². The number of Topliss-reactive ketones (excluding diaryl/α,β-unsaturated/α-hetero) is 1. The van der Waals surface area contributed by atoms with E-state index in [-0.39, 0.29) is 23.9 Å². The van der Waals surface area contributed by atoms with E-state index in [4.69, 9.17) is 13.9 Å². The summed E-state index contributed by atoms with van der Waals surface area (Å²) in [4.78, 5) is 24.9. The molecule has 0 radical (unpaired) electrons. The average molecular weight is 374 g/mol. The molecule has 0 unspecified atom stereocenters. The summed E-state index contributed by atoms with van der Waals surface area (Å²) in [5.74, 6) is 1.60. The second-order valence-electron chi connectivity index (χ2n) is 6.64. The van der Waals surface area contributed by atoms with Gasteiger partial charge in [-0.25, -0.2) is 0 Å². The third-order valence-corrected chi connectivity index (χ3v) is 4.40. The molecule has 2 heterocycles. The minimum Gasteiger partial charge on any atom is -0.462 e. The van der Waals surface area contributed by atoms with Crippen LogP contribution < -0.4 is 9.47 Å². The van der Waals surface area contributed by atoms with Crippen LogP contribution in [0.1, 0.15) is 33.0 Å². The van der Waals surface area contributed by atoms with E-state index in [1.54, 1.807) is 31.2 Å². The van der Waals surface area contributed by atoms with E-state index >= 15 is 0 Å². The minimum absolute atomic E-state index is 0.166. The molecule has 1 aliphatic rings. The Morgan fingerprint density at radius 1 is 1.07 bits per heavy atom. The summed E-state index contributed by atoms with van der Waals surface area (Å²) in [6.07, 6.45) is 1.73. The Morgan fingerprint density at radius 3 is 2.57 bits per heavy atom. The van der Waals surface area contributed by atoms with Gasteiger partial charge < -0.3 is 13.9 Å². The molecule has 28 heavy (non-hydrogen) atoms. The van der Waals surface area contributed by atoms with Crippen molar-refractivity contribution in [1.29, 1.82) is 0 Å². The van der Waals surface area contributed by atoms with E-state index in [1.807, 2.05) is 43.3 Å². The van der Waals surface area contributed by atoms with Crippen LogP contribution in [0.3, 0.4) is 0 Å². The van der Waals surface area contributed by atoms with Crippen molar-refractivity contribution in [2.45, 2.75) is 20.3 Å². The Kier molecular flexibility index (Phi) is 4.57. The quantitative estimate of drug-likeness (QED) is 0.377. The minimum atomic E-state index is -0.378. The first-order chi connectivity index (χ1) is 13.5. The number of allylic oxidation sites excluding steroid dienone is 1. The van der Waals surface area contributed by atoms with Gasteiger partial charge in [0.2, 0.25) is 5.78 Å². The van der Waals surface area contributed by atoms with Crippen molar-refractivity contribution in [2.75, 3.05) is 0 Å². The number of benzene rings is 2. The van der Waals surface area contributed by atoms with Gasteiger partial charge in [0.1, 0.15) is 23.0 Å². The van der Waals surface area contributed by atoms with Gasteiger partial charge in [-0.15, -0.1) is 0 Å². The van der Waals surface area contributed by atoms with Crippen molar-refractivity contribution in [1.82, 2.24) is 0 Å². The molecule has 0 N–H and O–H groups in total. The monoisotopic (exact) mass is 374 g/mol. The van der Waals surface area contributed by atoms with Crippen molar-refractivity contribution in [3.63, 3.8) is 0 Å². The number of carbonyl (C=O) groups is 2. The maximum absolute atomic E-state index is 12.7. The standard InChI is InChI=1S/C23H18O5/c1-14-10-18(27-21(24)11-16-6-4-3-5-7-16)13-19-22(14)23(25)20(28-19)12-17-9-8-15(2)26-17/h3-10,12-13H,11H2,1-2H3/b20-12-. The van der Waals surface area contributed by atoms with Crippen molar-refractivity contribution < 1.29 is 23.5 Å². The summed E-state index contributed by atoms with van der Waals surface area (Å²) in [6.45, 7) is 3.61. The van der Waals surface area contributed by atoms with E-state index in [1.165, 1.54) is 0 Å². The molecule has 2 aromatic carbocycles. The SMILES string of the molecule is Cc1ccc(/C=C2\Oc3cc(OC(=O)Cc4ccccc4)cc(C)c3C2=O)o1. The van der Waals surface area contributed by atoms with Crippen LogP contribution in [0.25, 0.3) is 6.08 Å². The molecule has 0 saturated heterocycles. The van der Waals surface area contributed by atoms with Gasteiger partial charge in [-0.1, -0.05) is 30.3 Å². The van der Waals surface area contributed by atoms with Crippen molar-refractivity contribution in [3.8, 4) is 11.5 Å². The van der Waals surface area contributed by atoms with Crippen molar-refractivity contribution in [2.24, 2.45) is 0 Å². The molecule has 0 spiro atoms. The first-order valence-corrected chi connectivity index (χ1v) is 8.89. The lowest BCUT2D eigenvalue weighted by molar-refractivity contribution is -0.133. The van der Waals surface area contributed by atoms with E-state index < -0.39 is 0 Å². The van der Waals surface area contributed by atoms with Crippen LogP contribution in [0, 0.1) is 13.8 Å². The van der Waals surface area contributed by atoms with Crippen LogP contribution in [0.15, 0.2) is 64.8 Å². The summed E-state index contributed by atoms with van der Waals surface area (Å²) < 4.78 is 16.6. The first-order valence-electron chi connectivity index (χ1n) is 8.89. The number of carbonyl (C=O) groups excluding carboxylic acids is 2. The molecule has 0 fully saturated rings. The fourth-order valence-electron chi connectivity index (χ4n) is 3.13. The molecule has 5 heteroatoms. The number of esters is 1. The van der Waals surface area contributed by atoms with Crippen LogP contribution in [-0.2, 0) is 11.2 Å². The van der Waals surface area contributed by atoms with Crippen molar-refractivity contribution >= 4 is 17.8 Å². The molecule has 140 valence electrons. The molecular weight excluding hydrogens is 356 g/mol. The van der Waals surface area contributed by atoms with Crippen LogP contribution >= 0.6 is 0 Å². The van der Waals surface area contributed by atoms with E-state index in [0.29, 0.717) is 28.4 Å². The number of ether oxygens (including phenoxy) is 2. The van der Waals surface area contributed by atoms with Gasteiger partial charge in [0, 0.05) is 12.1 Å². The lowest BCUT2D eigenvalue weighted by atomic mass is 10.0. The molecular formula is C23H18O5. The smallest absolute Gasteiger partial charge is 0.315 e.